The van der Waals surface area contributed by atoms with Gasteiger partial charge in [-0.25, -0.2) is 4.79 Å². The number of hydrogen-bond acceptors (Lipinski definition) is 7. The summed E-state index contributed by atoms with van der Waals surface area (Å²) in [6.07, 6.45) is 0.658. The molecule has 0 saturated heterocycles. The number of nitrogens with zero attached hydrogens (tertiary/aromatic N) is 1. The quantitative estimate of drug-likeness (QED) is 0.322. The van der Waals surface area contributed by atoms with Crippen LogP contribution in [0.25, 0.3) is 0 Å². The molecule has 2 aromatic rings. The molecule has 0 radical (unpaired) electrons. The van der Waals surface area contributed by atoms with Crippen LogP contribution in [-0.4, -0.2) is 28.8 Å². The molecule has 0 fully saturated rings. The zero-order chi connectivity index (χ0) is 18.2. The largest absolute Gasteiger partial charge is 0.508 e. The molecule has 2 aromatic carbocycles. The van der Waals surface area contributed by atoms with E-state index >= 15 is 0 Å². The van der Waals surface area contributed by atoms with Crippen LogP contribution in [0.3, 0.4) is 0 Å². The average Bonchev–Trinajstić information content (AvgIpc) is 2.58. The number of benzene rings is 2. The molecule has 0 aliphatic carbocycles. The van der Waals surface area contributed by atoms with Crippen molar-refractivity contribution in [3.8, 4) is 11.5 Å². The van der Waals surface area contributed by atoms with Crippen molar-refractivity contribution in [2.75, 3.05) is 6.61 Å². The molecule has 0 aliphatic heterocycles. The van der Waals surface area contributed by atoms with Gasteiger partial charge in [-0.05, 0) is 48.2 Å². The molecule has 0 heterocycles. The third kappa shape index (κ3) is 6.11. The Balaban J connectivity index is 1.84. The van der Waals surface area contributed by atoms with E-state index in [2.05, 4.69) is 4.84 Å². The SMILES string of the molecule is NC(Cc1ccc(O)cc1)C(=O)Oc1ccc(CCO[N+](=O)[O-])cc1. The van der Waals surface area contributed by atoms with Gasteiger partial charge < -0.3 is 20.4 Å². The monoisotopic (exact) mass is 346 g/mol. The highest BCUT2D eigenvalue weighted by molar-refractivity contribution is 5.78. The van der Waals surface area contributed by atoms with E-state index in [1.165, 1.54) is 12.1 Å². The smallest absolute Gasteiger partial charge is 0.328 e. The number of nitrogens with two attached hydrogens (primary N) is 1. The van der Waals surface area contributed by atoms with Gasteiger partial charge in [0.15, 0.2) is 0 Å². The molecule has 25 heavy (non-hydrogen) atoms. The maximum Gasteiger partial charge on any atom is 0.328 e. The predicted octanol–water partition coefficient (Wildman–Crippen LogP) is 1.62. The van der Waals surface area contributed by atoms with E-state index < -0.39 is 17.1 Å². The van der Waals surface area contributed by atoms with Crippen LogP contribution in [0.5, 0.6) is 11.5 Å². The van der Waals surface area contributed by atoms with Crippen molar-refractivity contribution in [1.29, 1.82) is 0 Å². The minimum Gasteiger partial charge on any atom is -0.508 e. The van der Waals surface area contributed by atoms with Crippen molar-refractivity contribution < 1.29 is 24.6 Å². The zero-order valence-corrected chi connectivity index (χ0v) is 13.3. The summed E-state index contributed by atoms with van der Waals surface area (Å²) in [5.74, 6) is -0.0915. The lowest BCUT2D eigenvalue weighted by Crippen LogP contribution is -2.36. The van der Waals surface area contributed by atoms with Gasteiger partial charge in [0.2, 0.25) is 0 Å². The Morgan fingerprint density at radius 1 is 1.12 bits per heavy atom. The summed E-state index contributed by atoms with van der Waals surface area (Å²) in [5.41, 5.74) is 7.47. The maximum atomic E-state index is 12.0. The summed E-state index contributed by atoms with van der Waals surface area (Å²) >= 11 is 0. The third-order valence-electron chi connectivity index (χ3n) is 3.42. The molecule has 0 spiro atoms. The number of aromatic hydroxyl groups is 1. The summed E-state index contributed by atoms with van der Waals surface area (Å²) in [4.78, 5) is 26.3. The third-order valence-corrected chi connectivity index (χ3v) is 3.42. The van der Waals surface area contributed by atoms with Crippen LogP contribution in [-0.2, 0) is 22.5 Å². The van der Waals surface area contributed by atoms with E-state index in [0.29, 0.717) is 12.2 Å². The first-order chi connectivity index (χ1) is 11.9. The molecule has 3 N–H and O–H groups in total. The van der Waals surface area contributed by atoms with Crippen LogP contribution >= 0.6 is 0 Å². The minimum atomic E-state index is -0.842. The highest BCUT2D eigenvalue weighted by Gasteiger charge is 2.16. The first-order valence-corrected chi connectivity index (χ1v) is 7.55. The molecule has 2 rings (SSSR count). The average molecular weight is 346 g/mol. The van der Waals surface area contributed by atoms with E-state index in [4.69, 9.17) is 10.5 Å². The molecule has 0 aromatic heterocycles. The summed E-state index contributed by atoms with van der Waals surface area (Å²) in [6, 6.07) is 12.1. The molecule has 1 atom stereocenters. The number of phenolic OH excluding ortho intramolecular Hbond substituents is 1. The molecular formula is C17H18N2O6. The number of esters is 1. The van der Waals surface area contributed by atoms with Crippen molar-refractivity contribution in [3.63, 3.8) is 0 Å². The second-order valence-corrected chi connectivity index (χ2v) is 5.35. The number of hydrogen-bond donors (Lipinski definition) is 2. The van der Waals surface area contributed by atoms with Gasteiger partial charge >= 0.3 is 5.97 Å². The Morgan fingerprint density at radius 3 is 2.32 bits per heavy atom. The molecule has 1 unspecified atom stereocenters. The van der Waals surface area contributed by atoms with Crippen LogP contribution in [0.4, 0.5) is 0 Å². The molecule has 0 aliphatic rings. The molecule has 0 amide bonds. The molecule has 132 valence electrons. The van der Waals surface area contributed by atoms with Gasteiger partial charge in [-0.15, -0.1) is 10.1 Å². The Bertz CT molecular complexity index is 715. The first kappa shape index (κ1) is 18.2. The number of ether oxygens (including phenoxy) is 1. The van der Waals surface area contributed by atoms with Crippen molar-refractivity contribution >= 4 is 5.97 Å². The molecule has 0 saturated carbocycles. The fourth-order valence-electron chi connectivity index (χ4n) is 2.12. The Morgan fingerprint density at radius 2 is 1.72 bits per heavy atom. The van der Waals surface area contributed by atoms with Crippen molar-refractivity contribution in [2.24, 2.45) is 5.73 Å². The van der Waals surface area contributed by atoms with Gasteiger partial charge in [0, 0.05) is 0 Å². The lowest BCUT2D eigenvalue weighted by molar-refractivity contribution is -0.757. The van der Waals surface area contributed by atoms with E-state index in [9.17, 15) is 20.0 Å². The fraction of sp³-hybridized carbons (Fsp3) is 0.235. The van der Waals surface area contributed by atoms with Gasteiger partial charge in [0.25, 0.3) is 5.09 Å². The number of rotatable bonds is 8. The van der Waals surface area contributed by atoms with Crippen LogP contribution in [0.15, 0.2) is 48.5 Å². The lowest BCUT2D eigenvalue weighted by atomic mass is 10.1. The molecular weight excluding hydrogens is 328 g/mol. The second-order valence-electron chi connectivity index (χ2n) is 5.35. The molecule has 0 bridgehead atoms. The van der Waals surface area contributed by atoms with Gasteiger partial charge in [0.1, 0.15) is 24.1 Å². The van der Waals surface area contributed by atoms with Crippen molar-refractivity contribution in [1.82, 2.24) is 0 Å². The Hall–Kier alpha value is -3.13. The summed E-state index contributed by atoms with van der Waals surface area (Å²) in [6.45, 7) is -0.0381. The first-order valence-electron chi connectivity index (χ1n) is 7.55. The highest BCUT2D eigenvalue weighted by atomic mass is 16.9. The van der Waals surface area contributed by atoms with Crippen molar-refractivity contribution in [2.45, 2.75) is 18.9 Å². The van der Waals surface area contributed by atoms with Crippen LogP contribution in [0.1, 0.15) is 11.1 Å². The number of carbonyl (C=O) groups excluding carboxylic acids is 1. The maximum absolute atomic E-state index is 12.0. The number of phenols is 1. The zero-order valence-electron chi connectivity index (χ0n) is 13.3. The summed E-state index contributed by atoms with van der Waals surface area (Å²) in [7, 11) is 0. The van der Waals surface area contributed by atoms with Crippen LogP contribution < -0.4 is 10.5 Å². The molecule has 8 nitrogen and oxygen atoms in total. The van der Waals surface area contributed by atoms with Crippen molar-refractivity contribution in [3.05, 3.63) is 69.8 Å². The minimum absolute atomic E-state index is 0.0381. The highest BCUT2D eigenvalue weighted by Crippen LogP contribution is 2.15. The summed E-state index contributed by atoms with van der Waals surface area (Å²) < 4.78 is 5.22. The van der Waals surface area contributed by atoms with E-state index in [1.807, 2.05) is 0 Å². The van der Waals surface area contributed by atoms with E-state index in [0.717, 1.165) is 11.1 Å². The van der Waals surface area contributed by atoms with E-state index in [-0.39, 0.29) is 18.8 Å². The van der Waals surface area contributed by atoms with E-state index in [1.54, 1.807) is 36.4 Å². The summed E-state index contributed by atoms with van der Waals surface area (Å²) in [5, 5.41) is 18.5. The second kappa shape index (κ2) is 8.65. The van der Waals surface area contributed by atoms with Gasteiger partial charge in [-0.1, -0.05) is 24.3 Å². The Labute approximate surface area is 143 Å². The van der Waals surface area contributed by atoms with Crippen LogP contribution in [0.2, 0.25) is 0 Å². The fourth-order valence-corrected chi connectivity index (χ4v) is 2.12. The predicted molar refractivity (Wildman–Crippen MR) is 88.5 cm³/mol. The standard InChI is InChI=1S/C17H18N2O6/c18-16(11-13-1-5-14(20)6-2-13)17(21)25-15-7-3-12(4-8-15)9-10-24-19(22)23/h1-8,16,20H,9-11,18H2. The lowest BCUT2D eigenvalue weighted by Gasteiger charge is -2.12. The Kier molecular flexibility index (Phi) is 6.30. The topological polar surface area (TPSA) is 125 Å². The number of carbonyl (C=O) groups is 1. The van der Waals surface area contributed by atoms with Gasteiger partial charge in [-0.3, -0.25) is 0 Å². The van der Waals surface area contributed by atoms with Crippen LogP contribution in [0, 0.1) is 10.1 Å². The normalized spacial score (nSPS) is 11.6. The van der Waals surface area contributed by atoms with Gasteiger partial charge in [0.05, 0.1) is 0 Å². The molecule has 8 heteroatoms. The van der Waals surface area contributed by atoms with Gasteiger partial charge in [-0.2, -0.15) is 0 Å².